The number of nitrogens with one attached hydrogen (secondary N) is 1. The molecule has 0 unspecified atom stereocenters. The van der Waals surface area contributed by atoms with Gasteiger partial charge >= 0.3 is 5.97 Å². The van der Waals surface area contributed by atoms with Gasteiger partial charge in [0, 0.05) is 45.3 Å². The lowest BCUT2D eigenvalue weighted by atomic mass is 9.97. The molecule has 1 heterocycles. The molecule has 0 radical (unpaired) electrons. The van der Waals surface area contributed by atoms with Gasteiger partial charge in [0.25, 0.3) is 5.91 Å². The van der Waals surface area contributed by atoms with Crippen LogP contribution in [0.4, 0.5) is 0 Å². The molecule has 1 aromatic carbocycles. The van der Waals surface area contributed by atoms with Gasteiger partial charge in [-0.05, 0) is 51.3 Å². The molecule has 0 atom stereocenters. The van der Waals surface area contributed by atoms with Gasteiger partial charge in [-0.25, -0.2) is 0 Å². The van der Waals surface area contributed by atoms with Gasteiger partial charge in [0.05, 0.1) is 12.5 Å². The summed E-state index contributed by atoms with van der Waals surface area (Å²) in [5.41, 5.74) is 1.80. The first-order chi connectivity index (χ1) is 14.0. The first kappa shape index (κ1) is 22.7. The van der Waals surface area contributed by atoms with Crippen molar-refractivity contribution in [2.45, 2.75) is 40.2 Å². The molecule has 1 fully saturated rings. The lowest BCUT2D eigenvalue weighted by molar-refractivity contribution is -0.149. The van der Waals surface area contributed by atoms with Gasteiger partial charge in [-0.1, -0.05) is 12.1 Å². The monoisotopic (exact) mass is 402 g/mol. The quantitative estimate of drug-likeness (QED) is 0.431. The molecule has 0 saturated carbocycles. The highest BCUT2D eigenvalue weighted by Gasteiger charge is 2.27. The van der Waals surface area contributed by atoms with Gasteiger partial charge in [0.2, 0.25) is 0 Å². The summed E-state index contributed by atoms with van der Waals surface area (Å²) >= 11 is 0. The van der Waals surface area contributed by atoms with Crippen LogP contribution in [0.5, 0.6) is 0 Å². The average molecular weight is 403 g/mol. The molecule has 0 spiro atoms. The smallest absolute Gasteiger partial charge is 0.309 e. The molecule has 29 heavy (non-hydrogen) atoms. The van der Waals surface area contributed by atoms with Crippen molar-refractivity contribution in [1.82, 2.24) is 15.1 Å². The Morgan fingerprint density at radius 3 is 2.28 bits per heavy atom. The van der Waals surface area contributed by atoms with Crippen molar-refractivity contribution in [1.29, 1.82) is 0 Å². The molecule has 1 aliphatic rings. The molecule has 7 heteroatoms. The summed E-state index contributed by atoms with van der Waals surface area (Å²) in [7, 11) is 1.77. The Morgan fingerprint density at radius 2 is 1.76 bits per heavy atom. The minimum Gasteiger partial charge on any atom is -0.466 e. The Morgan fingerprint density at radius 1 is 1.14 bits per heavy atom. The fraction of sp³-hybridized carbons (Fsp3) is 0.591. The van der Waals surface area contributed by atoms with E-state index in [1.54, 1.807) is 7.05 Å². The van der Waals surface area contributed by atoms with E-state index in [0.717, 1.165) is 37.5 Å². The van der Waals surface area contributed by atoms with Crippen molar-refractivity contribution in [3.8, 4) is 0 Å². The summed E-state index contributed by atoms with van der Waals surface area (Å²) in [6.07, 6.45) is 1.56. The van der Waals surface area contributed by atoms with Gasteiger partial charge in [-0.2, -0.15) is 0 Å². The molecular weight excluding hydrogens is 368 g/mol. The number of esters is 1. The molecule has 0 aliphatic carbocycles. The van der Waals surface area contributed by atoms with E-state index in [9.17, 15) is 9.59 Å². The van der Waals surface area contributed by atoms with E-state index in [-0.39, 0.29) is 17.8 Å². The molecule has 1 saturated heterocycles. The Bertz CT molecular complexity index is 691. The summed E-state index contributed by atoms with van der Waals surface area (Å²) in [5.74, 6) is 0.792. The molecule has 160 valence electrons. The normalized spacial score (nSPS) is 15.2. The maximum atomic E-state index is 12.4. The largest absolute Gasteiger partial charge is 0.466 e. The van der Waals surface area contributed by atoms with Crippen LogP contribution in [0.1, 0.15) is 49.5 Å². The zero-order valence-corrected chi connectivity index (χ0v) is 18.1. The number of likely N-dealkylation sites (tertiary alicyclic amines) is 1. The van der Waals surface area contributed by atoms with Crippen LogP contribution in [0.15, 0.2) is 29.3 Å². The van der Waals surface area contributed by atoms with E-state index in [1.807, 2.05) is 49.9 Å². The maximum Gasteiger partial charge on any atom is 0.309 e. The van der Waals surface area contributed by atoms with Crippen molar-refractivity contribution in [2.24, 2.45) is 10.9 Å². The molecule has 7 nitrogen and oxygen atoms in total. The summed E-state index contributed by atoms with van der Waals surface area (Å²) in [6, 6.07) is 7.71. The second-order valence-corrected chi connectivity index (χ2v) is 7.09. The van der Waals surface area contributed by atoms with E-state index in [1.165, 1.54) is 0 Å². The first-order valence-electron chi connectivity index (χ1n) is 10.5. The van der Waals surface area contributed by atoms with Crippen LogP contribution in [0.3, 0.4) is 0 Å². The van der Waals surface area contributed by atoms with Crippen LogP contribution in [0.2, 0.25) is 0 Å². The van der Waals surface area contributed by atoms with E-state index < -0.39 is 0 Å². The molecule has 1 N–H and O–H groups in total. The number of rotatable bonds is 7. The lowest BCUT2D eigenvalue weighted by Crippen LogP contribution is -2.46. The number of carbonyl (C=O) groups excluding carboxylic acids is 2. The summed E-state index contributed by atoms with van der Waals surface area (Å²) < 4.78 is 5.13. The molecule has 0 aromatic heterocycles. The average Bonchev–Trinajstić information content (AvgIpc) is 2.76. The van der Waals surface area contributed by atoms with Crippen molar-refractivity contribution < 1.29 is 14.3 Å². The van der Waals surface area contributed by atoms with Gasteiger partial charge in [0.15, 0.2) is 5.96 Å². The van der Waals surface area contributed by atoms with E-state index >= 15 is 0 Å². The number of hydrogen-bond acceptors (Lipinski definition) is 4. The maximum absolute atomic E-state index is 12.4. The number of hydrogen-bond donors (Lipinski definition) is 1. The zero-order valence-electron chi connectivity index (χ0n) is 18.1. The van der Waals surface area contributed by atoms with Crippen LogP contribution in [-0.4, -0.2) is 67.5 Å². The summed E-state index contributed by atoms with van der Waals surface area (Å²) in [5, 5.41) is 3.38. The Kier molecular flexibility index (Phi) is 8.96. The molecule has 1 aliphatic heterocycles. The highest BCUT2D eigenvalue weighted by molar-refractivity contribution is 5.94. The number of aliphatic imine (C=N–C) groups is 1. The van der Waals surface area contributed by atoms with Gasteiger partial charge in [0.1, 0.15) is 0 Å². The van der Waals surface area contributed by atoms with Crippen LogP contribution in [0.25, 0.3) is 0 Å². The molecular formula is C22H34N4O3. The minimum atomic E-state index is -0.0885. The van der Waals surface area contributed by atoms with Crippen molar-refractivity contribution >= 4 is 17.8 Å². The summed E-state index contributed by atoms with van der Waals surface area (Å²) in [4.78, 5) is 32.7. The number of ether oxygens (including phenoxy) is 1. The molecule has 0 bridgehead atoms. The highest BCUT2D eigenvalue weighted by atomic mass is 16.5. The molecule has 1 amide bonds. The number of benzene rings is 1. The fourth-order valence-corrected chi connectivity index (χ4v) is 3.56. The van der Waals surface area contributed by atoms with Crippen molar-refractivity contribution in [3.63, 3.8) is 0 Å². The number of carbonyl (C=O) groups is 2. The number of nitrogens with zero attached hydrogens (tertiary/aromatic N) is 3. The number of piperidine rings is 1. The van der Waals surface area contributed by atoms with Gasteiger partial charge < -0.3 is 19.9 Å². The van der Waals surface area contributed by atoms with Crippen LogP contribution in [-0.2, 0) is 16.1 Å². The van der Waals surface area contributed by atoms with E-state index in [0.29, 0.717) is 31.8 Å². The second-order valence-electron chi connectivity index (χ2n) is 7.09. The predicted octanol–water partition coefficient (Wildman–Crippen LogP) is 2.52. The van der Waals surface area contributed by atoms with E-state index in [2.05, 4.69) is 15.2 Å². The third kappa shape index (κ3) is 6.21. The van der Waals surface area contributed by atoms with E-state index in [4.69, 9.17) is 4.74 Å². The Labute approximate surface area is 174 Å². The SMILES string of the molecule is CCOC(=O)C1CCN(C(=NC)NCc2ccc(C(=O)N(CC)CC)cc2)CC1. The second kappa shape index (κ2) is 11.4. The van der Waals surface area contributed by atoms with Gasteiger partial charge in [-0.15, -0.1) is 0 Å². The van der Waals surface area contributed by atoms with Crippen molar-refractivity contribution in [2.75, 3.05) is 39.8 Å². The predicted molar refractivity (Wildman–Crippen MR) is 115 cm³/mol. The van der Waals surface area contributed by atoms with Crippen LogP contribution in [0, 0.1) is 5.92 Å². The lowest BCUT2D eigenvalue weighted by Gasteiger charge is -2.33. The van der Waals surface area contributed by atoms with Crippen LogP contribution >= 0.6 is 0 Å². The van der Waals surface area contributed by atoms with Crippen molar-refractivity contribution in [3.05, 3.63) is 35.4 Å². The zero-order chi connectivity index (χ0) is 21.2. The fourth-order valence-electron chi connectivity index (χ4n) is 3.56. The minimum absolute atomic E-state index is 0.0137. The van der Waals surface area contributed by atoms with Crippen LogP contribution < -0.4 is 5.32 Å². The number of guanidine groups is 1. The Balaban J connectivity index is 1.87. The topological polar surface area (TPSA) is 74.2 Å². The molecule has 2 rings (SSSR count). The summed E-state index contributed by atoms with van der Waals surface area (Å²) in [6.45, 7) is 9.85. The van der Waals surface area contributed by atoms with Gasteiger partial charge in [-0.3, -0.25) is 14.6 Å². The first-order valence-corrected chi connectivity index (χ1v) is 10.5. The Hall–Kier alpha value is -2.57. The third-order valence-electron chi connectivity index (χ3n) is 5.33. The number of amides is 1. The standard InChI is InChI=1S/C22H34N4O3/c1-5-25(6-2)20(27)18-10-8-17(9-11-18)16-24-22(23-4)26-14-12-19(13-15-26)21(28)29-7-3/h8-11,19H,5-7,12-16H2,1-4H3,(H,23,24). The third-order valence-corrected chi connectivity index (χ3v) is 5.33. The molecule has 1 aromatic rings. The highest BCUT2D eigenvalue weighted by Crippen LogP contribution is 2.19.